The molecule has 0 amide bonds. The van der Waals surface area contributed by atoms with Crippen molar-refractivity contribution in [3.8, 4) is 16.2 Å². The molecule has 1 N–H and O–H groups in total. The van der Waals surface area contributed by atoms with Crippen molar-refractivity contribution in [1.29, 1.82) is 0 Å². The zero-order valence-corrected chi connectivity index (χ0v) is 9.67. The third-order valence-electron chi connectivity index (χ3n) is 2.61. The maximum Gasteiger partial charge on any atom is 0.118 e. The fraction of sp³-hybridized carbons (Fsp3) is 0.0769. The highest BCUT2D eigenvalue weighted by Crippen LogP contribution is 2.33. The molecule has 0 aliphatic carbocycles. The van der Waals surface area contributed by atoms with E-state index in [4.69, 9.17) is 4.74 Å². The number of benzene rings is 1. The molecule has 2 nitrogen and oxygen atoms in total. The molecular weight excluding hydrogens is 218 g/mol. The molecule has 0 fully saturated rings. The van der Waals surface area contributed by atoms with Crippen LogP contribution in [0.4, 0.5) is 0 Å². The van der Waals surface area contributed by atoms with E-state index in [0.717, 1.165) is 5.75 Å². The molecule has 0 saturated carbocycles. The zero-order chi connectivity index (χ0) is 11.0. The van der Waals surface area contributed by atoms with E-state index >= 15 is 0 Å². The Kier molecular flexibility index (Phi) is 2.18. The predicted octanol–water partition coefficient (Wildman–Crippen LogP) is 3.91. The van der Waals surface area contributed by atoms with Crippen molar-refractivity contribution in [1.82, 2.24) is 4.98 Å². The second kappa shape index (κ2) is 3.68. The molecule has 0 atom stereocenters. The number of ether oxygens (including phenoxy) is 1. The lowest BCUT2D eigenvalue weighted by Gasteiger charge is -2.00. The molecule has 0 spiro atoms. The summed E-state index contributed by atoms with van der Waals surface area (Å²) in [5.41, 5.74) is 2.44. The van der Waals surface area contributed by atoms with Crippen LogP contribution < -0.4 is 4.74 Å². The monoisotopic (exact) mass is 229 g/mol. The number of nitrogens with one attached hydrogen (secondary N) is 1. The second-order valence-corrected chi connectivity index (χ2v) is 4.68. The number of aromatic nitrogens is 1. The SMILES string of the molecule is COc1ccc(-c2cc3[nH]ccc3s2)cc1. The molecule has 2 aromatic heterocycles. The van der Waals surface area contributed by atoms with Crippen molar-refractivity contribution < 1.29 is 4.74 Å². The Morgan fingerprint density at radius 2 is 1.94 bits per heavy atom. The average molecular weight is 229 g/mol. The Bertz CT molecular complexity index is 578. The normalized spacial score (nSPS) is 10.8. The van der Waals surface area contributed by atoms with E-state index in [2.05, 4.69) is 29.2 Å². The summed E-state index contributed by atoms with van der Waals surface area (Å²) in [5, 5.41) is 0. The van der Waals surface area contributed by atoms with Crippen molar-refractivity contribution >= 4 is 21.6 Å². The standard InChI is InChI=1S/C13H11NOS/c1-15-10-4-2-9(3-5-10)13-8-11-12(16-13)6-7-14-11/h2-8,14H,1H3. The third kappa shape index (κ3) is 1.49. The Morgan fingerprint density at radius 1 is 1.12 bits per heavy atom. The van der Waals surface area contributed by atoms with Gasteiger partial charge in [-0.3, -0.25) is 0 Å². The molecule has 3 rings (SSSR count). The summed E-state index contributed by atoms with van der Waals surface area (Å²) < 4.78 is 6.44. The minimum Gasteiger partial charge on any atom is -0.497 e. The molecule has 0 unspecified atom stereocenters. The van der Waals surface area contributed by atoms with Crippen LogP contribution in [0, 0.1) is 0 Å². The highest BCUT2D eigenvalue weighted by Gasteiger charge is 2.04. The summed E-state index contributed by atoms with van der Waals surface area (Å²) in [7, 11) is 1.68. The van der Waals surface area contributed by atoms with E-state index in [1.165, 1.54) is 20.7 Å². The lowest BCUT2D eigenvalue weighted by Crippen LogP contribution is -1.81. The Balaban J connectivity index is 2.05. The Morgan fingerprint density at radius 3 is 2.62 bits per heavy atom. The van der Waals surface area contributed by atoms with Crippen LogP contribution in [-0.4, -0.2) is 12.1 Å². The average Bonchev–Trinajstić information content (AvgIpc) is 2.89. The van der Waals surface area contributed by atoms with Crippen LogP contribution in [0.3, 0.4) is 0 Å². The van der Waals surface area contributed by atoms with Gasteiger partial charge in [-0.05, 0) is 42.0 Å². The molecule has 3 aromatic rings. The van der Waals surface area contributed by atoms with E-state index in [1.807, 2.05) is 18.3 Å². The maximum atomic E-state index is 5.15. The lowest BCUT2D eigenvalue weighted by atomic mass is 10.2. The molecule has 0 aliphatic heterocycles. The van der Waals surface area contributed by atoms with Gasteiger partial charge in [0.15, 0.2) is 0 Å². The summed E-state index contributed by atoms with van der Waals surface area (Å²) >= 11 is 1.80. The van der Waals surface area contributed by atoms with Crippen molar-refractivity contribution in [3.05, 3.63) is 42.6 Å². The van der Waals surface area contributed by atoms with E-state index in [0.29, 0.717) is 0 Å². The van der Waals surface area contributed by atoms with Gasteiger partial charge in [0.25, 0.3) is 0 Å². The Hall–Kier alpha value is -1.74. The second-order valence-electron chi connectivity index (χ2n) is 3.59. The van der Waals surface area contributed by atoms with Gasteiger partial charge in [0, 0.05) is 11.1 Å². The van der Waals surface area contributed by atoms with E-state index < -0.39 is 0 Å². The molecular formula is C13H11NOS. The molecule has 0 aliphatic rings. The number of H-pyrrole nitrogens is 1. The number of fused-ring (bicyclic) bond motifs is 1. The molecule has 3 heteroatoms. The van der Waals surface area contributed by atoms with Gasteiger partial charge in [-0.25, -0.2) is 0 Å². The molecule has 0 radical (unpaired) electrons. The number of hydrogen-bond donors (Lipinski definition) is 1. The lowest BCUT2D eigenvalue weighted by molar-refractivity contribution is 0.415. The fourth-order valence-electron chi connectivity index (χ4n) is 1.75. The predicted molar refractivity (Wildman–Crippen MR) is 68.2 cm³/mol. The third-order valence-corrected chi connectivity index (χ3v) is 3.76. The van der Waals surface area contributed by atoms with Gasteiger partial charge < -0.3 is 9.72 Å². The van der Waals surface area contributed by atoms with Crippen molar-refractivity contribution in [3.63, 3.8) is 0 Å². The first-order valence-corrected chi connectivity index (χ1v) is 5.90. The highest BCUT2D eigenvalue weighted by atomic mass is 32.1. The van der Waals surface area contributed by atoms with Crippen LogP contribution in [-0.2, 0) is 0 Å². The number of methoxy groups -OCH3 is 1. The summed E-state index contributed by atoms with van der Waals surface area (Å²) in [6.07, 6.45) is 1.97. The largest absolute Gasteiger partial charge is 0.497 e. The summed E-state index contributed by atoms with van der Waals surface area (Å²) in [4.78, 5) is 4.50. The number of aromatic amines is 1. The van der Waals surface area contributed by atoms with Crippen LogP contribution in [0.25, 0.3) is 20.7 Å². The molecule has 16 heavy (non-hydrogen) atoms. The van der Waals surface area contributed by atoms with Gasteiger partial charge in [-0.1, -0.05) is 0 Å². The van der Waals surface area contributed by atoms with Crippen LogP contribution in [0.2, 0.25) is 0 Å². The van der Waals surface area contributed by atoms with Gasteiger partial charge in [-0.2, -0.15) is 0 Å². The van der Waals surface area contributed by atoms with Gasteiger partial charge in [0.2, 0.25) is 0 Å². The van der Waals surface area contributed by atoms with Gasteiger partial charge in [0.05, 0.1) is 17.3 Å². The molecule has 0 saturated heterocycles. The fourth-order valence-corrected chi connectivity index (χ4v) is 2.78. The number of rotatable bonds is 2. The molecule has 1 aromatic carbocycles. The Labute approximate surface area is 97.5 Å². The van der Waals surface area contributed by atoms with Crippen molar-refractivity contribution in [2.45, 2.75) is 0 Å². The van der Waals surface area contributed by atoms with Crippen LogP contribution in [0.1, 0.15) is 0 Å². The molecule has 80 valence electrons. The zero-order valence-electron chi connectivity index (χ0n) is 8.86. The van der Waals surface area contributed by atoms with Gasteiger partial charge in [0.1, 0.15) is 5.75 Å². The number of thiophene rings is 1. The van der Waals surface area contributed by atoms with E-state index in [-0.39, 0.29) is 0 Å². The summed E-state index contributed by atoms with van der Waals surface area (Å²) in [5.74, 6) is 0.894. The summed E-state index contributed by atoms with van der Waals surface area (Å²) in [6.45, 7) is 0. The number of hydrogen-bond acceptors (Lipinski definition) is 2. The first kappa shape index (κ1) is 9.48. The smallest absolute Gasteiger partial charge is 0.118 e. The molecule has 2 heterocycles. The van der Waals surface area contributed by atoms with Gasteiger partial charge >= 0.3 is 0 Å². The highest BCUT2D eigenvalue weighted by molar-refractivity contribution is 7.22. The molecule has 0 bridgehead atoms. The van der Waals surface area contributed by atoms with E-state index in [9.17, 15) is 0 Å². The summed E-state index contributed by atoms with van der Waals surface area (Å²) in [6, 6.07) is 12.4. The topological polar surface area (TPSA) is 25.0 Å². The van der Waals surface area contributed by atoms with Crippen LogP contribution in [0.5, 0.6) is 5.75 Å². The van der Waals surface area contributed by atoms with Crippen molar-refractivity contribution in [2.75, 3.05) is 7.11 Å². The minimum absolute atomic E-state index is 0.894. The first-order chi connectivity index (χ1) is 7.86. The van der Waals surface area contributed by atoms with Crippen molar-refractivity contribution in [2.24, 2.45) is 0 Å². The van der Waals surface area contributed by atoms with Crippen LogP contribution in [0.15, 0.2) is 42.6 Å². The first-order valence-electron chi connectivity index (χ1n) is 5.08. The van der Waals surface area contributed by atoms with Crippen LogP contribution >= 0.6 is 11.3 Å². The van der Waals surface area contributed by atoms with E-state index in [1.54, 1.807) is 18.4 Å². The van der Waals surface area contributed by atoms with Gasteiger partial charge in [-0.15, -0.1) is 11.3 Å². The quantitative estimate of drug-likeness (QED) is 0.708. The maximum absolute atomic E-state index is 5.15. The minimum atomic E-state index is 0.894.